The third-order valence-corrected chi connectivity index (χ3v) is 6.12. The van der Waals surface area contributed by atoms with E-state index >= 15 is 0 Å². The number of thioether (sulfide) groups is 1. The van der Waals surface area contributed by atoms with Crippen LogP contribution in [0.4, 0.5) is 0 Å². The topological polar surface area (TPSA) is 87.7 Å². The first-order valence-electron chi connectivity index (χ1n) is 7.23. The molecule has 20 heavy (non-hydrogen) atoms. The maximum absolute atomic E-state index is 12.5. The number of nitrogens with one attached hydrogen (secondary N) is 1. The highest BCUT2D eigenvalue weighted by Gasteiger charge is 2.40. The number of nitrogens with zero attached hydrogens (tertiary/aromatic N) is 1. The average molecular weight is 303 g/mol. The van der Waals surface area contributed by atoms with E-state index in [4.69, 9.17) is 10.9 Å². The lowest BCUT2D eigenvalue weighted by Crippen LogP contribution is -2.52. The Labute approximate surface area is 126 Å². The Morgan fingerprint density at radius 2 is 1.70 bits per heavy atom. The van der Waals surface area contributed by atoms with Gasteiger partial charge in [-0.1, -0.05) is 32.9 Å². The average Bonchev–Trinajstić information content (AvgIpc) is 2.50. The van der Waals surface area contributed by atoms with Crippen LogP contribution in [0.25, 0.3) is 0 Å². The number of amides is 1. The van der Waals surface area contributed by atoms with Crippen molar-refractivity contribution in [3.63, 3.8) is 0 Å². The summed E-state index contributed by atoms with van der Waals surface area (Å²) in [5.41, 5.74) is 4.83. The van der Waals surface area contributed by atoms with E-state index in [2.05, 4.69) is 30.6 Å². The summed E-state index contributed by atoms with van der Waals surface area (Å²) in [7, 11) is 0. The zero-order valence-electron chi connectivity index (χ0n) is 13.3. The second-order valence-electron chi connectivity index (χ2n) is 5.05. The maximum atomic E-state index is 12.5. The van der Waals surface area contributed by atoms with Gasteiger partial charge < -0.3 is 16.3 Å². The summed E-state index contributed by atoms with van der Waals surface area (Å²) >= 11 is 1.77. The lowest BCUT2D eigenvalue weighted by Gasteiger charge is -2.33. The monoisotopic (exact) mass is 303 g/mol. The molecule has 0 rings (SSSR count). The van der Waals surface area contributed by atoms with Crippen molar-refractivity contribution in [3.8, 4) is 0 Å². The van der Waals surface area contributed by atoms with Crippen molar-refractivity contribution in [2.75, 3.05) is 12.8 Å². The van der Waals surface area contributed by atoms with Crippen molar-refractivity contribution in [2.45, 2.75) is 58.1 Å². The molecule has 6 heteroatoms. The Hall–Kier alpha value is -0.910. The van der Waals surface area contributed by atoms with Gasteiger partial charge in [0.25, 0.3) is 0 Å². The molecule has 0 unspecified atom stereocenters. The molecule has 0 bridgehead atoms. The Balaban J connectivity index is 5.05. The molecule has 0 aliphatic rings. The van der Waals surface area contributed by atoms with Gasteiger partial charge in [-0.25, -0.2) is 0 Å². The van der Waals surface area contributed by atoms with Gasteiger partial charge in [-0.2, -0.15) is 11.8 Å². The molecule has 0 aromatic carbocycles. The van der Waals surface area contributed by atoms with Crippen LogP contribution in [0.15, 0.2) is 5.16 Å². The lowest BCUT2D eigenvalue weighted by atomic mass is 9.80. The van der Waals surface area contributed by atoms with Crippen LogP contribution in [0.2, 0.25) is 0 Å². The molecule has 0 saturated carbocycles. The molecule has 0 aliphatic carbocycles. The van der Waals surface area contributed by atoms with Gasteiger partial charge in [0, 0.05) is 11.3 Å². The highest BCUT2D eigenvalue weighted by Crippen LogP contribution is 2.31. The summed E-state index contributed by atoms with van der Waals surface area (Å²) in [6.07, 6.45) is 5.06. The first-order chi connectivity index (χ1) is 9.41. The SMILES string of the molecule is CCC(CC)(CNC(=O)C(CC)(CC)C(N)=NO)SC. The molecule has 1 amide bonds. The third-order valence-electron chi connectivity index (χ3n) is 4.53. The van der Waals surface area contributed by atoms with Crippen LogP contribution in [-0.4, -0.2) is 34.5 Å². The van der Waals surface area contributed by atoms with E-state index in [1.54, 1.807) is 11.8 Å². The minimum absolute atomic E-state index is 0.0113. The van der Waals surface area contributed by atoms with Gasteiger partial charge >= 0.3 is 0 Å². The van der Waals surface area contributed by atoms with Crippen molar-refractivity contribution in [1.29, 1.82) is 0 Å². The molecule has 0 radical (unpaired) electrons. The second kappa shape index (κ2) is 8.39. The molecule has 0 aromatic heterocycles. The summed E-state index contributed by atoms with van der Waals surface area (Å²) in [4.78, 5) is 12.5. The summed E-state index contributed by atoms with van der Waals surface area (Å²) in [6, 6.07) is 0. The van der Waals surface area contributed by atoms with E-state index in [-0.39, 0.29) is 16.5 Å². The molecule has 0 spiro atoms. The highest BCUT2D eigenvalue weighted by atomic mass is 32.2. The van der Waals surface area contributed by atoms with E-state index in [9.17, 15) is 4.79 Å². The molecule has 0 saturated heterocycles. The predicted octanol–water partition coefficient (Wildman–Crippen LogP) is 2.58. The predicted molar refractivity (Wildman–Crippen MR) is 86.3 cm³/mol. The van der Waals surface area contributed by atoms with Crippen molar-refractivity contribution < 1.29 is 10.0 Å². The van der Waals surface area contributed by atoms with E-state index in [1.807, 2.05) is 13.8 Å². The van der Waals surface area contributed by atoms with Gasteiger partial charge in [0.15, 0.2) is 5.84 Å². The first-order valence-corrected chi connectivity index (χ1v) is 8.45. The summed E-state index contributed by atoms with van der Waals surface area (Å²) in [5.74, 6) is -0.166. The van der Waals surface area contributed by atoms with Crippen LogP contribution in [-0.2, 0) is 4.79 Å². The maximum Gasteiger partial charge on any atom is 0.233 e. The van der Waals surface area contributed by atoms with Crippen molar-refractivity contribution in [3.05, 3.63) is 0 Å². The minimum Gasteiger partial charge on any atom is -0.409 e. The Morgan fingerprint density at radius 3 is 2.00 bits per heavy atom. The van der Waals surface area contributed by atoms with Crippen LogP contribution >= 0.6 is 11.8 Å². The van der Waals surface area contributed by atoms with Gasteiger partial charge in [0.05, 0.1) is 0 Å². The number of carbonyl (C=O) groups is 1. The highest BCUT2D eigenvalue weighted by molar-refractivity contribution is 8.00. The Kier molecular flexibility index (Phi) is 8.01. The number of amidine groups is 1. The summed E-state index contributed by atoms with van der Waals surface area (Å²) < 4.78 is 0.0496. The zero-order chi connectivity index (χ0) is 15.8. The van der Waals surface area contributed by atoms with Gasteiger partial charge in [-0.15, -0.1) is 0 Å². The molecular weight excluding hydrogens is 274 g/mol. The lowest BCUT2D eigenvalue weighted by molar-refractivity contribution is -0.128. The number of rotatable bonds is 9. The fraction of sp³-hybridized carbons (Fsp3) is 0.857. The minimum atomic E-state index is -0.916. The first kappa shape index (κ1) is 19.1. The van der Waals surface area contributed by atoms with Crippen LogP contribution in [0.3, 0.4) is 0 Å². The normalized spacial score (nSPS) is 13.3. The molecular formula is C14H29N3O2S. The molecule has 0 aromatic rings. The molecule has 0 fully saturated rings. The molecule has 0 atom stereocenters. The van der Waals surface area contributed by atoms with Crippen LogP contribution in [0.1, 0.15) is 53.4 Å². The Bertz CT molecular complexity index is 329. The van der Waals surface area contributed by atoms with E-state index in [0.29, 0.717) is 19.4 Å². The third kappa shape index (κ3) is 3.81. The largest absolute Gasteiger partial charge is 0.409 e. The van der Waals surface area contributed by atoms with Gasteiger partial charge in [0.2, 0.25) is 5.91 Å². The molecule has 5 nitrogen and oxygen atoms in total. The molecule has 0 aliphatic heterocycles. The quantitative estimate of drug-likeness (QED) is 0.264. The second-order valence-corrected chi connectivity index (χ2v) is 6.33. The van der Waals surface area contributed by atoms with Crippen molar-refractivity contribution in [1.82, 2.24) is 5.32 Å². The van der Waals surface area contributed by atoms with Gasteiger partial charge in [-0.05, 0) is 31.9 Å². The van der Waals surface area contributed by atoms with E-state index < -0.39 is 5.41 Å². The smallest absolute Gasteiger partial charge is 0.233 e. The number of hydrogen-bond acceptors (Lipinski definition) is 4. The van der Waals surface area contributed by atoms with Crippen molar-refractivity contribution in [2.24, 2.45) is 16.3 Å². The standard InChI is InChI=1S/C14H29N3O2S/c1-6-13(7-2,20-5)10-16-12(18)14(8-3,9-4)11(15)17-19/h19H,6-10H2,1-5H3,(H2,15,17)(H,16,18). The number of nitrogens with two attached hydrogens (primary N) is 1. The Morgan fingerprint density at radius 1 is 1.20 bits per heavy atom. The molecule has 118 valence electrons. The van der Waals surface area contributed by atoms with E-state index in [1.165, 1.54) is 0 Å². The van der Waals surface area contributed by atoms with Crippen molar-refractivity contribution >= 4 is 23.5 Å². The van der Waals surface area contributed by atoms with Gasteiger partial charge in [-0.3, -0.25) is 4.79 Å². The van der Waals surface area contributed by atoms with Crippen LogP contribution < -0.4 is 11.1 Å². The van der Waals surface area contributed by atoms with Crippen LogP contribution in [0.5, 0.6) is 0 Å². The van der Waals surface area contributed by atoms with Crippen LogP contribution in [0, 0.1) is 5.41 Å². The zero-order valence-corrected chi connectivity index (χ0v) is 14.1. The molecule has 0 heterocycles. The number of oxime groups is 1. The van der Waals surface area contributed by atoms with Gasteiger partial charge in [0.1, 0.15) is 5.41 Å². The number of hydrogen-bond donors (Lipinski definition) is 3. The summed E-state index contributed by atoms with van der Waals surface area (Å²) in [5, 5.41) is 15.0. The fourth-order valence-electron chi connectivity index (χ4n) is 2.42. The number of carbonyl (C=O) groups excluding carboxylic acids is 1. The summed E-state index contributed by atoms with van der Waals surface area (Å²) in [6.45, 7) is 8.61. The molecule has 4 N–H and O–H groups in total. The van der Waals surface area contributed by atoms with E-state index in [0.717, 1.165) is 12.8 Å². The fourth-order valence-corrected chi connectivity index (χ4v) is 3.21.